The molecule has 6 nitrogen and oxygen atoms in total. The molecular formula is C15H21N5OS. The summed E-state index contributed by atoms with van der Waals surface area (Å²) in [6.45, 7) is 4.94. The second-order valence-corrected chi connectivity index (χ2v) is 6.49. The van der Waals surface area contributed by atoms with Gasteiger partial charge in [-0.2, -0.15) is 4.68 Å². The molecule has 1 aliphatic heterocycles. The van der Waals surface area contributed by atoms with Crippen LogP contribution in [-0.4, -0.2) is 57.6 Å². The minimum Gasteiger partial charge on any atom is -0.492 e. The fourth-order valence-electron chi connectivity index (χ4n) is 2.68. The third-order valence-electron chi connectivity index (χ3n) is 3.77. The molecule has 0 unspecified atom stereocenters. The van der Waals surface area contributed by atoms with Crippen molar-refractivity contribution in [1.29, 1.82) is 0 Å². The molecule has 0 saturated carbocycles. The molecule has 0 radical (unpaired) electrons. The van der Waals surface area contributed by atoms with Crippen molar-refractivity contribution < 1.29 is 4.74 Å². The zero-order chi connectivity index (χ0) is 15.4. The van der Waals surface area contributed by atoms with E-state index in [-0.39, 0.29) is 0 Å². The van der Waals surface area contributed by atoms with Gasteiger partial charge in [0.1, 0.15) is 11.4 Å². The minimum absolute atomic E-state index is 0.621. The first kappa shape index (κ1) is 15.3. The van der Waals surface area contributed by atoms with Gasteiger partial charge in [0, 0.05) is 12.3 Å². The number of nitrogens with zero attached hydrogens (tertiary/aromatic N) is 5. The van der Waals surface area contributed by atoms with Gasteiger partial charge in [0.05, 0.1) is 6.61 Å². The van der Waals surface area contributed by atoms with E-state index >= 15 is 0 Å². The molecule has 1 aromatic heterocycles. The number of benzene rings is 1. The molecule has 22 heavy (non-hydrogen) atoms. The Kier molecular flexibility index (Phi) is 4.94. The van der Waals surface area contributed by atoms with Gasteiger partial charge >= 0.3 is 0 Å². The van der Waals surface area contributed by atoms with Crippen LogP contribution in [0.4, 0.5) is 0 Å². The van der Waals surface area contributed by atoms with E-state index in [1.54, 1.807) is 16.4 Å². The molecule has 2 aromatic rings. The summed E-state index contributed by atoms with van der Waals surface area (Å²) in [6.07, 6.45) is 1.25. The third kappa shape index (κ3) is 3.41. The molecule has 2 heterocycles. The van der Waals surface area contributed by atoms with Gasteiger partial charge in [-0.3, -0.25) is 0 Å². The normalized spacial score (nSPS) is 18.7. The standard InChI is InChI=1S/C15H21N5OS/c1-3-21-14-7-5-4-6-13(14)20-15(16-17-18-20)22-11-12-8-9-19(2)10-12/h4-7,12H,3,8-11H2,1-2H3/t12-/m0/s1. The largest absolute Gasteiger partial charge is 0.492 e. The SMILES string of the molecule is CCOc1ccccc1-n1nnnc1SC[C@H]1CCN(C)C1. The van der Waals surface area contributed by atoms with Crippen LogP contribution in [0, 0.1) is 5.92 Å². The number of tetrazole rings is 1. The summed E-state index contributed by atoms with van der Waals surface area (Å²) in [4.78, 5) is 2.37. The van der Waals surface area contributed by atoms with Crippen molar-refractivity contribution in [3.63, 3.8) is 0 Å². The first-order valence-corrected chi connectivity index (χ1v) is 8.58. The van der Waals surface area contributed by atoms with Crippen molar-refractivity contribution in [2.24, 2.45) is 5.92 Å². The number of rotatable bonds is 6. The fraction of sp³-hybridized carbons (Fsp3) is 0.533. The van der Waals surface area contributed by atoms with E-state index in [1.165, 1.54) is 13.0 Å². The average Bonchev–Trinajstić information content (AvgIpc) is 3.15. The summed E-state index contributed by atoms with van der Waals surface area (Å²) in [5.41, 5.74) is 0.889. The van der Waals surface area contributed by atoms with E-state index in [4.69, 9.17) is 4.74 Å². The second-order valence-electron chi connectivity index (χ2n) is 5.50. The number of hydrogen-bond donors (Lipinski definition) is 0. The number of para-hydroxylation sites is 2. The van der Waals surface area contributed by atoms with Gasteiger partial charge in [0.2, 0.25) is 5.16 Å². The summed E-state index contributed by atoms with van der Waals surface area (Å²) in [6, 6.07) is 7.86. The maximum Gasteiger partial charge on any atom is 0.214 e. The molecular weight excluding hydrogens is 298 g/mol. The Morgan fingerprint density at radius 1 is 1.36 bits per heavy atom. The van der Waals surface area contributed by atoms with Gasteiger partial charge in [-0.25, -0.2) is 0 Å². The molecule has 0 bridgehead atoms. The summed E-state index contributed by atoms with van der Waals surface area (Å²) in [7, 11) is 2.17. The second kappa shape index (κ2) is 7.11. The highest BCUT2D eigenvalue weighted by molar-refractivity contribution is 7.99. The molecule has 0 amide bonds. The third-order valence-corrected chi connectivity index (χ3v) is 4.92. The lowest BCUT2D eigenvalue weighted by Gasteiger charge is -2.12. The quantitative estimate of drug-likeness (QED) is 0.760. The Hall–Kier alpha value is -1.60. The summed E-state index contributed by atoms with van der Waals surface area (Å²) >= 11 is 1.72. The zero-order valence-corrected chi connectivity index (χ0v) is 13.8. The molecule has 1 aromatic carbocycles. The van der Waals surface area contributed by atoms with Crippen LogP contribution in [0.25, 0.3) is 5.69 Å². The van der Waals surface area contributed by atoms with Crippen molar-refractivity contribution in [2.75, 3.05) is 32.5 Å². The Balaban J connectivity index is 1.74. The van der Waals surface area contributed by atoms with Gasteiger partial charge < -0.3 is 9.64 Å². The number of hydrogen-bond acceptors (Lipinski definition) is 6. The maximum absolute atomic E-state index is 5.68. The summed E-state index contributed by atoms with van der Waals surface area (Å²) in [5.74, 6) is 2.56. The summed E-state index contributed by atoms with van der Waals surface area (Å²) in [5, 5.41) is 13.0. The molecule has 0 spiro atoms. The minimum atomic E-state index is 0.621. The molecule has 0 aliphatic carbocycles. The van der Waals surface area contributed by atoms with Crippen molar-refractivity contribution >= 4 is 11.8 Å². The van der Waals surface area contributed by atoms with Crippen molar-refractivity contribution in [1.82, 2.24) is 25.1 Å². The van der Waals surface area contributed by atoms with E-state index in [2.05, 4.69) is 27.5 Å². The van der Waals surface area contributed by atoms with E-state index < -0.39 is 0 Å². The van der Waals surface area contributed by atoms with E-state index in [1.807, 2.05) is 31.2 Å². The Morgan fingerprint density at radius 3 is 3.00 bits per heavy atom. The van der Waals surface area contributed by atoms with Gasteiger partial charge in [-0.15, -0.1) is 5.10 Å². The van der Waals surface area contributed by atoms with Gasteiger partial charge in [-0.05, 0) is 55.4 Å². The van der Waals surface area contributed by atoms with Crippen molar-refractivity contribution in [3.05, 3.63) is 24.3 Å². The predicted molar refractivity (Wildman–Crippen MR) is 86.7 cm³/mol. The summed E-state index contributed by atoms with van der Waals surface area (Å²) < 4.78 is 7.45. The lowest BCUT2D eigenvalue weighted by atomic mass is 10.2. The van der Waals surface area contributed by atoms with E-state index in [9.17, 15) is 0 Å². The maximum atomic E-state index is 5.68. The van der Waals surface area contributed by atoms with Crippen LogP contribution < -0.4 is 4.74 Å². The van der Waals surface area contributed by atoms with Crippen LogP contribution in [0.15, 0.2) is 29.4 Å². The number of aromatic nitrogens is 4. The highest BCUT2D eigenvalue weighted by atomic mass is 32.2. The first-order chi connectivity index (χ1) is 10.8. The fourth-order valence-corrected chi connectivity index (χ4v) is 3.69. The Labute approximate surface area is 134 Å². The Bertz CT molecular complexity index is 617. The highest BCUT2D eigenvalue weighted by Gasteiger charge is 2.21. The highest BCUT2D eigenvalue weighted by Crippen LogP contribution is 2.28. The number of likely N-dealkylation sites (tertiary alicyclic amines) is 1. The van der Waals surface area contributed by atoms with Crippen LogP contribution in [0.3, 0.4) is 0 Å². The lowest BCUT2D eigenvalue weighted by Crippen LogP contribution is -2.15. The van der Waals surface area contributed by atoms with Gasteiger partial charge in [0.15, 0.2) is 0 Å². The van der Waals surface area contributed by atoms with Crippen LogP contribution in [0.1, 0.15) is 13.3 Å². The Morgan fingerprint density at radius 2 is 2.23 bits per heavy atom. The predicted octanol–water partition coefficient (Wildman–Crippen LogP) is 2.10. The first-order valence-electron chi connectivity index (χ1n) is 7.60. The van der Waals surface area contributed by atoms with Crippen molar-refractivity contribution in [3.8, 4) is 11.4 Å². The molecule has 1 fully saturated rings. The number of ether oxygens (including phenoxy) is 1. The van der Waals surface area contributed by atoms with Gasteiger partial charge in [0.25, 0.3) is 0 Å². The van der Waals surface area contributed by atoms with Crippen LogP contribution in [0.5, 0.6) is 5.75 Å². The topological polar surface area (TPSA) is 56.1 Å². The molecule has 1 atom stereocenters. The molecule has 3 rings (SSSR count). The molecule has 0 N–H and O–H groups in total. The van der Waals surface area contributed by atoms with Crippen molar-refractivity contribution in [2.45, 2.75) is 18.5 Å². The van der Waals surface area contributed by atoms with Crippen LogP contribution >= 0.6 is 11.8 Å². The van der Waals surface area contributed by atoms with Gasteiger partial charge in [-0.1, -0.05) is 23.9 Å². The van der Waals surface area contributed by atoms with E-state index in [0.717, 1.165) is 28.9 Å². The van der Waals surface area contributed by atoms with Crippen LogP contribution in [-0.2, 0) is 0 Å². The van der Waals surface area contributed by atoms with Crippen LogP contribution in [0.2, 0.25) is 0 Å². The molecule has 118 valence electrons. The average molecular weight is 319 g/mol. The molecule has 1 aliphatic rings. The van der Waals surface area contributed by atoms with E-state index in [0.29, 0.717) is 12.5 Å². The number of thioether (sulfide) groups is 1. The molecule has 1 saturated heterocycles. The molecule has 7 heteroatoms. The smallest absolute Gasteiger partial charge is 0.214 e. The lowest BCUT2D eigenvalue weighted by molar-refractivity contribution is 0.337. The monoisotopic (exact) mass is 319 g/mol. The zero-order valence-electron chi connectivity index (χ0n) is 13.0.